The van der Waals surface area contributed by atoms with Gasteiger partial charge in [0, 0.05) is 24.3 Å². The SMILES string of the molecule is CCCNc1nc(C)cc(NC2CCC(CC)C2C)n1. The zero-order chi connectivity index (χ0) is 14.5. The summed E-state index contributed by atoms with van der Waals surface area (Å²) >= 11 is 0. The highest BCUT2D eigenvalue weighted by molar-refractivity contribution is 5.43. The summed E-state index contributed by atoms with van der Waals surface area (Å²) in [7, 11) is 0. The van der Waals surface area contributed by atoms with Crippen molar-refractivity contribution in [2.75, 3.05) is 17.2 Å². The first-order valence-electron chi connectivity index (χ1n) is 8.00. The van der Waals surface area contributed by atoms with Crippen molar-refractivity contribution < 1.29 is 0 Å². The lowest BCUT2D eigenvalue weighted by molar-refractivity contribution is 0.391. The molecule has 0 saturated heterocycles. The molecule has 0 bridgehead atoms. The molecule has 4 nitrogen and oxygen atoms in total. The van der Waals surface area contributed by atoms with Crippen molar-refractivity contribution in [3.8, 4) is 0 Å². The van der Waals surface area contributed by atoms with Crippen molar-refractivity contribution in [3.05, 3.63) is 11.8 Å². The summed E-state index contributed by atoms with van der Waals surface area (Å²) in [5.41, 5.74) is 1.01. The lowest BCUT2D eigenvalue weighted by Crippen LogP contribution is -2.25. The summed E-state index contributed by atoms with van der Waals surface area (Å²) in [6.07, 6.45) is 4.95. The van der Waals surface area contributed by atoms with E-state index in [0.717, 1.165) is 42.3 Å². The molecule has 4 heteroatoms. The Bertz CT molecular complexity index is 432. The molecule has 1 aromatic rings. The first-order valence-corrected chi connectivity index (χ1v) is 8.00. The number of hydrogen-bond donors (Lipinski definition) is 2. The van der Waals surface area contributed by atoms with Crippen molar-refractivity contribution >= 4 is 11.8 Å². The van der Waals surface area contributed by atoms with Gasteiger partial charge in [0.1, 0.15) is 5.82 Å². The average Bonchev–Trinajstić information content (AvgIpc) is 2.77. The van der Waals surface area contributed by atoms with E-state index in [1.807, 2.05) is 13.0 Å². The Kier molecular flexibility index (Phi) is 5.21. The summed E-state index contributed by atoms with van der Waals surface area (Å²) in [5, 5.41) is 6.89. The van der Waals surface area contributed by atoms with E-state index in [-0.39, 0.29) is 0 Å². The van der Waals surface area contributed by atoms with Gasteiger partial charge in [-0.3, -0.25) is 0 Å². The third-order valence-electron chi connectivity index (χ3n) is 4.47. The second-order valence-corrected chi connectivity index (χ2v) is 6.00. The smallest absolute Gasteiger partial charge is 0.224 e. The van der Waals surface area contributed by atoms with Gasteiger partial charge < -0.3 is 10.6 Å². The number of aryl methyl sites for hydroxylation is 1. The van der Waals surface area contributed by atoms with Gasteiger partial charge in [-0.2, -0.15) is 4.98 Å². The molecule has 2 rings (SSSR count). The molecule has 112 valence electrons. The van der Waals surface area contributed by atoms with Crippen LogP contribution >= 0.6 is 0 Å². The Labute approximate surface area is 122 Å². The van der Waals surface area contributed by atoms with Crippen LogP contribution in [0.1, 0.15) is 52.1 Å². The molecule has 0 radical (unpaired) electrons. The molecule has 1 heterocycles. The Morgan fingerprint density at radius 2 is 2.05 bits per heavy atom. The Morgan fingerprint density at radius 3 is 2.70 bits per heavy atom. The van der Waals surface area contributed by atoms with E-state index in [1.54, 1.807) is 0 Å². The molecule has 2 N–H and O–H groups in total. The van der Waals surface area contributed by atoms with Crippen LogP contribution in [0.4, 0.5) is 11.8 Å². The third kappa shape index (κ3) is 3.62. The maximum Gasteiger partial charge on any atom is 0.224 e. The second kappa shape index (κ2) is 6.91. The van der Waals surface area contributed by atoms with Crippen molar-refractivity contribution in [3.63, 3.8) is 0 Å². The van der Waals surface area contributed by atoms with Crippen LogP contribution < -0.4 is 10.6 Å². The van der Waals surface area contributed by atoms with Crippen molar-refractivity contribution in [1.82, 2.24) is 9.97 Å². The van der Waals surface area contributed by atoms with Gasteiger partial charge in [-0.1, -0.05) is 27.2 Å². The predicted molar refractivity (Wildman–Crippen MR) is 85.1 cm³/mol. The van der Waals surface area contributed by atoms with Crippen molar-refractivity contribution in [1.29, 1.82) is 0 Å². The number of hydrogen-bond acceptors (Lipinski definition) is 4. The largest absolute Gasteiger partial charge is 0.367 e. The van der Waals surface area contributed by atoms with E-state index in [0.29, 0.717) is 6.04 Å². The van der Waals surface area contributed by atoms with Crippen LogP contribution in [0, 0.1) is 18.8 Å². The minimum atomic E-state index is 0.549. The monoisotopic (exact) mass is 276 g/mol. The number of nitrogens with zero attached hydrogens (tertiary/aromatic N) is 2. The predicted octanol–water partition coefficient (Wildman–Crippen LogP) is 3.84. The molecule has 0 spiro atoms. The minimum absolute atomic E-state index is 0.549. The normalized spacial score (nSPS) is 25.7. The molecule has 1 fully saturated rings. The molecule has 0 aliphatic heterocycles. The summed E-state index contributed by atoms with van der Waals surface area (Å²) in [6, 6.07) is 2.59. The van der Waals surface area contributed by atoms with Crippen molar-refractivity contribution in [2.24, 2.45) is 11.8 Å². The molecule has 0 amide bonds. The van der Waals surface area contributed by atoms with Crippen molar-refractivity contribution in [2.45, 2.75) is 59.4 Å². The van der Waals surface area contributed by atoms with Gasteiger partial charge >= 0.3 is 0 Å². The molecule has 1 aliphatic rings. The highest BCUT2D eigenvalue weighted by Crippen LogP contribution is 2.35. The summed E-state index contributed by atoms with van der Waals surface area (Å²) in [5.74, 6) is 3.28. The molecule has 1 saturated carbocycles. The van der Waals surface area contributed by atoms with Gasteiger partial charge in [-0.05, 0) is 38.0 Å². The van der Waals surface area contributed by atoms with E-state index in [4.69, 9.17) is 0 Å². The highest BCUT2D eigenvalue weighted by Gasteiger charge is 2.31. The topological polar surface area (TPSA) is 49.8 Å². The lowest BCUT2D eigenvalue weighted by Gasteiger charge is -2.21. The molecule has 1 aromatic heterocycles. The summed E-state index contributed by atoms with van der Waals surface area (Å²) in [6.45, 7) is 9.75. The fourth-order valence-electron chi connectivity index (χ4n) is 3.18. The Hall–Kier alpha value is -1.32. The Morgan fingerprint density at radius 1 is 1.25 bits per heavy atom. The number of rotatable bonds is 6. The second-order valence-electron chi connectivity index (χ2n) is 6.00. The first kappa shape index (κ1) is 15.1. The van der Waals surface area contributed by atoms with Gasteiger partial charge in [0.15, 0.2) is 0 Å². The van der Waals surface area contributed by atoms with Crippen LogP contribution in [0.5, 0.6) is 0 Å². The number of nitrogens with one attached hydrogen (secondary N) is 2. The third-order valence-corrected chi connectivity index (χ3v) is 4.47. The van der Waals surface area contributed by atoms with Crippen LogP contribution in [0.15, 0.2) is 6.07 Å². The Balaban J connectivity index is 2.03. The lowest BCUT2D eigenvalue weighted by atomic mass is 9.93. The van der Waals surface area contributed by atoms with Gasteiger partial charge in [-0.25, -0.2) is 4.98 Å². The molecule has 1 aliphatic carbocycles. The van der Waals surface area contributed by atoms with E-state index < -0.39 is 0 Å². The van der Waals surface area contributed by atoms with Crippen LogP contribution in [0.3, 0.4) is 0 Å². The molecular formula is C16H28N4. The molecule has 3 atom stereocenters. The minimum Gasteiger partial charge on any atom is -0.367 e. The van der Waals surface area contributed by atoms with Crippen LogP contribution in [-0.4, -0.2) is 22.6 Å². The summed E-state index contributed by atoms with van der Waals surface area (Å²) < 4.78 is 0. The van der Waals surface area contributed by atoms with Crippen LogP contribution in [0.2, 0.25) is 0 Å². The standard InChI is InChI=1S/C16H28N4/c1-5-9-17-16-18-11(3)10-15(20-16)19-14-8-7-13(6-2)12(14)4/h10,12-14H,5-9H2,1-4H3,(H2,17,18,19,20). The maximum absolute atomic E-state index is 4.59. The van der Waals surface area contributed by atoms with E-state index in [1.165, 1.54) is 19.3 Å². The van der Waals surface area contributed by atoms with Gasteiger partial charge in [0.2, 0.25) is 5.95 Å². The van der Waals surface area contributed by atoms with Gasteiger partial charge in [0.25, 0.3) is 0 Å². The first-order chi connectivity index (χ1) is 9.63. The molecular weight excluding hydrogens is 248 g/mol. The van der Waals surface area contributed by atoms with E-state index in [9.17, 15) is 0 Å². The average molecular weight is 276 g/mol. The molecule has 20 heavy (non-hydrogen) atoms. The van der Waals surface area contributed by atoms with Gasteiger partial charge in [0.05, 0.1) is 0 Å². The number of anilines is 2. The zero-order valence-corrected chi connectivity index (χ0v) is 13.2. The van der Waals surface area contributed by atoms with Crippen LogP contribution in [0.25, 0.3) is 0 Å². The molecule has 3 unspecified atom stereocenters. The van der Waals surface area contributed by atoms with Crippen LogP contribution in [-0.2, 0) is 0 Å². The fourth-order valence-corrected chi connectivity index (χ4v) is 3.18. The summed E-state index contributed by atoms with van der Waals surface area (Å²) in [4.78, 5) is 9.02. The quantitative estimate of drug-likeness (QED) is 0.828. The van der Waals surface area contributed by atoms with E-state index in [2.05, 4.69) is 41.4 Å². The highest BCUT2D eigenvalue weighted by atomic mass is 15.1. The maximum atomic E-state index is 4.59. The number of aromatic nitrogens is 2. The van der Waals surface area contributed by atoms with E-state index >= 15 is 0 Å². The fraction of sp³-hybridized carbons (Fsp3) is 0.750. The molecule has 0 aromatic carbocycles. The zero-order valence-electron chi connectivity index (χ0n) is 13.2. The van der Waals surface area contributed by atoms with Gasteiger partial charge in [-0.15, -0.1) is 0 Å².